The number of halogens is 1. The first-order valence-electron chi connectivity index (χ1n) is 8.20. The Morgan fingerprint density at radius 2 is 2.15 bits per heavy atom. The Morgan fingerprint density at radius 3 is 2.96 bits per heavy atom. The first-order valence-corrected chi connectivity index (χ1v) is 10.8. The van der Waals surface area contributed by atoms with E-state index in [0.29, 0.717) is 12.4 Å². The zero-order chi connectivity index (χ0) is 18.6. The number of thiophene rings is 1. The van der Waals surface area contributed by atoms with E-state index in [1.807, 2.05) is 41.1 Å². The third kappa shape index (κ3) is 4.52. The van der Waals surface area contributed by atoms with Gasteiger partial charge in [-0.2, -0.15) is 16.4 Å². The quantitative estimate of drug-likeness (QED) is 0.439. The fourth-order valence-electron chi connectivity index (χ4n) is 2.63. The highest BCUT2D eigenvalue weighted by molar-refractivity contribution is 9.10. The minimum Gasteiger partial charge on any atom is -0.311 e. The number of hydrogen-bond acceptors (Lipinski definition) is 5. The van der Waals surface area contributed by atoms with Gasteiger partial charge in [0.15, 0.2) is 0 Å². The highest BCUT2D eigenvalue weighted by Crippen LogP contribution is 2.26. The molecule has 0 aliphatic carbocycles. The summed E-state index contributed by atoms with van der Waals surface area (Å²) in [6.45, 7) is 0.584. The van der Waals surface area contributed by atoms with Crippen LogP contribution < -0.4 is 5.32 Å². The van der Waals surface area contributed by atoms with E-state index in [9.17, 15) is 4.79 Å². The molecule has 0 radical (unpaired) electrons. The lowest BCUT2D eigenvalue weighted by molar-refractivity contribution is -0.115. The molecule has 5 nitrogen and oxygen atoms in total. The van der Waals surface area contributed by atoms with Crippen LogP contribution >= 0.6 is 38.6 Å². The molecule has 0 spiro atoms. The summed E-state index contributed by atoms with van der Waals surface area (Å²) in [7, 11) is 0. The van der Waals surface area contributed by atoms with Crippen molar-refractivity contribution >= 4 is 50.3 Å². The molecule has 27 heavy (non-hydrogen) atoms. The Labute approximate surface area is 172 Å². The van der Waals surface area contributed by atoms with E-state index >= 15 is 0 Å². The van der Waals surface area contributed by atoms with Crippen LogP contribution in [0, 0.1) is 0 Å². The Balaban J connectivity index is 1.41. The average molecular weight is 459 g/mol. The second-order valence-electron chi connectivity index (χ2n) is 5.88. The molecule has 136 valence electrons. The molecule has 0 atom stereocenters. The van der Waals surface area contributed by atoms with Crippen molar-refractivity contribution < 1.29 is 4.79 Å². The molecule has 0 unspecified atom stereocenters. The van der Waals surface area contributed by atoms with Crippen LogP contribution in [0.3, 0.4) is 0 Å². The number of benzene rings is 1. The molecule has 0 saturated heterocycles. The number of hydrogen-bond donors (Lipinski definition) is 1. The van der Waals surface area contributed by atoms with Gasteiger partial charge in [0.1, 0.15) is 10.8 Å². The van der Waals surface area contributed by atoms with Gasteiger partial charge in [-0.3, -0.25) is 4.79 Å². The Morgan fingerprint density at radius 1 is 1.22 bits per heavy atom. The molecule has 1 N–H and O–H groups in total. The van der Waals surface area contributed by atoms with Crippen molar-refractivity contribution in [2.45, 2.75) is 13.0 Å². The first-order chi connectivity index (χ1) is 13.2. The first kappa shape index (κ1) is 18.1. The summed E-state index contributed by atoms with van der Waals surface area (Å²) in [5.41, 5.74) is 2.98. The number of carbonyl (C=O) groups is 1. The number of nitrogens with one attached hydrogen (secondary N) is 1. The number of aromatic nitrogens is 3. The van der Waals surface area contributed by atoms with E-state index in [-0.39, 0.29) is 12.3 Å². The SMILES string of the molecule is O=C(Cc1csc(-c2ccsc2)n1)Nc1ccnn1Cc1cccc(Br)c1. The maximum absolute atomic E-state index is 12.4. The van der Waals surface area contributed by atoms with E-state index in [1.165, 1.54) is 0 Å². The molecule has 1 aromatic carbocycles. The zero-order valence-electron chi connectivity index (χ0n) is 14.1. The third-order valence-corrected chi connectivity index (χ3v) is 5.98. The maximum Gasteiger partial charge on any atom is 0.231 e. The van der Waals surface area contributed by atoms with E-state index in [4.69, 9.17) is 0 Å². The van der Waals surface area contributed by atoms with Gasteiger partial charge >= 0.3 is 0 Å². The summed E-state index contributed by atoms with van der Waals surface area (Å²) in [5, 5.41) is 14.2. The summed E-state index contributed by atoms with van der Waals surface area (Å²) in [5.74, 6) is 0.571. The van der Waals surface area contributed by atoms with Crippen molar-refractivity contribution in [3.8, 4) is 10.6 Å². The predicted octanol–water partition coefficient (Wildman–Crippen LogP) is 5.06. The van der Waals surface area contributed by atoms with Gasteiger partial charge in [-0.05, 0) is 29.1 Å². The number of amides is 1. The molecule has 0 aliphatic rings. The molecule has 3 aromatic heterocycles. The largest absolute Gasteiger partial charge is 0.311 e. The van der Waals surface area contributed by atoms with Crippen LogP contribution in [-0.4, -0.2) is 20.7 Å². The lowest BCUT2D eigenvalue weighted by atomic mass is 10.2. The Kier molecular flexibility index (Phi) is 5.47. The van der Waals surface area contributed by atoms with Crippen molar-refractivity contribution in [2.75, 3.05) is 5.32 Å². The van der Waals surface area contributed by atoms with Gasteiger partial charge in [0, 0.05) is 26.9 Å². The van der Waals surface area contributed by atoms with Gasteiger partial charge in [-0.15, -0.1) is 11.3 Å². The van der Waals surface area contributed by atoms with Gasteiger partial charge in [0.2, 0.25) is 5.91 Å². The number of thiazole rings is 1. The standard InChI is InChI=1S/C19H15BrN4OS2/c20-15-3-1-2-13(8-15)10-24-17(4-6-21-24)23-18(25)9-16-12-27-19(22-16)14-5-7-26-11-14/h1-8,11-12H,9-10H2,(H,23,25). The van der Waals surface area contributed by atoms with Crippen LogP contribution in [0.1, 0.15) is 11.3 Å². The van der Waals surface area contributed by atoms with E-state index in [2.05, 4.69) is 36.7 Å². The number of carbonyl (C=O) groups excluding carboxylic acids is 1. The minimum absolute atomic E-state index is 0.104. The Bertz CT molecular complexity index is 1060. The predicted molar refractivity (Wildman–Crippen MR) is 113 cm³/mol. The summed E-state index contributed by atoms with van der Waals surface area (Å²) in [4.78, 5) is 17.0. The lowest BCUT2D eigenvalue weighted by Gasteiger charge is -2.09. The number of rotatable bonds is 6. The van der Waals surface area contributed by atoms with Crippen molar-refractivity contribution in [1.29, 1.82) is 0 Å². The molecule has 8 heteroatoms. The van der Waals surface area contributed by atoms with Gasteiger partial charge in [-0.25, -0.2) is 9.67 Å². The Hall–Kier alpha value is -2.29. The lowest BCUT2D eigenvalue weighted by Crippen LogP contribution is -2.18. The van der Waals surface area contributed by atoms with Crippen LogP contribution in [0.4, 0.5) is 5.82 Å². The summed E-state index contributed by atoms with van der Waals surface area (Å²) in [6.07, 6.45) is 1.92. The van der Waals surface area contributed by atoms with Crippen LogP contribution in [0.5, 0.6) is 0 Å². The number of anilines is 1. The van der Waals surface area contributed by atoms with Gasteiger partial charge in [0.05, 0.1) is 24.9 Å². The second-order valence-corrected chi connectivity index (χ2v) is 8.44. The van der Waals surface area contributed by atoms with Crippen LogP contribution in [0.25, 0.3) is 10.6 Å². The molecular weight excluding hydrogens is 444 g/mol. The molecule has 0 fully saturated rings. The molecule has 0 saturated carbocycles. The average Bonchev–Trinajstić information content (AvgIpc) is 3.37. The zero-order valence-corrected chi connectivity index (χ0v) is 17.4. The number of nitrogens with zero attached hydrogens (tertiary/aromatic N) is 3. The molecular formula is C19H15BrN4OS2. The second kappa shape index (κ2) is 8.16. The third-order valence-electron chi connectivity index (χ3n) is 3.87. The molecule has 1 amide bonds. The highest BCUT2D eigenvalue weighted by Gasteiger charge is 2.12. The van der Waals surface area contributed by atoms with Crippen LogP contribution in [0.2, 0.25) is 0 Å². The maximum atomic E-state index is 12.4. The molecule has 4 rings (SSSR count). The molecule has 0 aliphatic heterocycles. The van der Waals surface area contributed by atoms with Gasteiger partial charge in [0.25, 0.3) is 0 Å². The fraction of sp³-hybridized carbons (Fsp3) is 0.105. The summed E-state index contributed by atoms with van der Waals surface area (Å²) < 4.78 is 2.79. The van der Waals surface area contributed by atoms with Gasteiger partial charge < -0.3 is 5.32 Å². The topological polar surface area (TPSA) is 59.8 Å². The van der Waals surface area contributed by atoms with E-state index in [1.54, 1.807) is 39.6 Å². The van der Waals surface area contributed by atoms with Crippen molar-refractivity contribution in [3.63, 3.8) is 0 Å². The minimum atomic E-state index is -0.104. The van der Waals surface area contributed by atoms with Crippen molar-refractivity contribution in [1.82, 2.24) is 14.8 Å². The highest BCUT2D eigenvalue weighted by atomic mass is 79.9. The van der Waals surface area contributed by atoms with Crippen molar-refractivity contribution in [3.05, 3.63) is 74.5 Å². The van der Waals surface area contributed by atoms with E-state index in [0.717, 1.165) is 26.3 Å². The van der Waals surface area contributed by atoms with Gasteiger partial charge in [-0.1, -0.05) is 28.1 Å². The van der Waals surface area contributed by atoms with Crippen molar-refractivity contribution in [2.24, 2.45) is 0 Å². The van der Waals surface area contributed by atoms with Crippen LogP contribution in [0.15, 0.2) is 63.2 Å². The molecule has 0 bridgehead atoms. The fourth-order valence-corrected chi connectivity index (χ4v) is 4.61. The summed E-state index contributed by atoms with van der Waals surface area (Å²) >= 11 is 6.67. The smallest absolute Gasteiger partial charge is 0.231 e. The molecule has 3 heterocycles. The monoisotopic (exact) mass is 458 g/mol. The van der Waals surface area contributed by atoms with E-state index < -0.39 is 0 Å². The molecule has 4 aromatic rings. The normalized spacial score (nSPS) is 10.9. The summed E-state index contributed by atoms with van der Waals surface area (Å²) in [6, 6.07) is 11.9. The van der Waals surface area contributed by atoms with Crippen LogP contribution in [-0.2, 0) is 17.8 Å².